The van der Waals surface area contributed by atoms with E-state index in [4.69, 9.17) is 4.84 Å². The summed E-state index contributed by atoms with van der Waals surface area (Å²) in [5, 5.41) is 11.9. The minimum atomic E-state index is -1.37. The van der Waals surface area contributed by atoms with Gasteiger partial charge >= 0.3 is 0 Å². The van der Waals surface area contributed by atoms with Crippen LogP contribution in [0.4, 0.5) is 10.1 Å². The van der Waals surface area contributed by atoms with Gasteiger partial charge in [-0.15, -0.1) is 0 Å². The Morgan fingerprint density at radius 2 is 1.68 bits per heavy atom. The second-order valence-corrected chi connectivity index (χ2v) is 8.27. The summed E-state index contributed by atoms with van der Waals surface area (Å²) in [5.74, 6) is -0.0768. The molecule has 2 aromatic carbocycles. The molecule has 2 aromatic heterocycles. The summed E-state index contributed by atoms with van der Waals surface area (Å²) >= 11 is 0. The molecule has 0 atom stereocenters. The van der Waals surface area contributed by atoms with E-state index in [9.17, 15) is 14.3 Å². The molecular formula is C26H23FN4O3. The summed E-state index contributed by atoms with van der Waals surface area (Å²) in [6, 6.07) is 19.2. The Labute approximate surface area is 195 Å². The molecule has 0 radical (unpaired) electrons. The lowest BCUT2D eigenvalue weighted by molar-refractivity contribution is -0.0270. The van der Waals surface area contributed by atoms with Crippen LogP contribution in [0, 0.1) is 5.82 Å². The number of piperidine rings is 1. The van der Waals surface area contributed by atoms with Crippen molar-refractivity contribution in [3.63, 3.8) is 0 Å². The quantitative estimate of drug-likeness (QED) is 0.434. The lowest BCUT2D eigenvalue weighted by Gasteiger charge is -2.37. The van der Waals surface area contributed by atoms with Gasteiger partial charge in [-0.2, -0.15) is 0 Å². The van der Waals surface area contributed by atoms with Gasteiger partial charge in [-0.05, 0) is 61.4 Å². The zero-order valence-electron chi connectivity index (χ0n) is 18.3. The molecule has 2 N–H and O–H groups in total. The third-order valence-electron chi connectivity index (χ3n) is 6.08. The Balaban J connectivity index is 1.21. The normalized spacial score (nSPS) is 15.2. The van der Waals surface area contributed by atoms with Gasteiger partial charge in [0.25, 0.3) is 5.91 Å². The lowest BCUT2D eigenvalue weighted by Crippen LogP contribution is -2.45. The highest BCUT2D eigenvalue weighted by molar-refractivity contribution is 5.94. The first-order valence-corrected chi connectivity index (χ1v) is 11.0. The monoisotopic (exact) mass is 458 g/mol. The fourth-order valence-corrected chi connectivity index (χ4v) is 4.18. The van der Waals surface area contributed by atoms with Gasteiger partial charge in [-0.3, -0.25) is 14.8 Å². The van der Waals surface area contributed by atoms with E-state index in [1.807, 2.05) is 30.3 Å². The molecule has 4 aromatic rings. The maximum atomic E-state index is 14.1. The molecule has 0 bridgehead atoms. The second-order valence-electron chi connectivity index (χ2n) is 8.27. The number of likely N-dealkylation sites (tertiary alicyclic amines) is 1. The van der Waals surface area contributed by atoms with Gasteiger partial charge in [0.1, 0.15) is 22.6 Å². The average molecular weight is 458 g/mol. The summed E-state index contributed by atoms with van der Waals surface area (Å²) in [7, 11) is 0. The number of carbonyl (C=O) groups is 1. The van der Waals surface area contributed by atoms with E-state index in [1.54, 1.807) is 35.4 Å². The number of anilines is 1. The minimum Gasteiger partial charge on any atom is -0.383 e. The molecule has 3 heterocycles. The predicted octanol–water partition coefficient (Wildman–Crippen LogP) is 4.30. The Morgan fingerprint density at radius 3 is 2.44 bits per heavy atom. The highest BCUT2D eigenvalue weighted by Gasteiger charge is 2.38. The molecule has 5 rings (SSSR count). The number of nitrogens with zero attached hydrogens (tertiary/aromatic N) is 3. The van der Waals surface area contributed by atoms with Gasteiger partial charge in [0.15, 0.2) is 5.75 Å². The molecule has 172 valence electrons. The van der Waals surface area contributed by atoms with Crippen molar-refractivity contribution < 1.29 is 19.1 Å². The van der Waals surface area contributed by atoms with Crippen molar-refractivity contribution in [2.45, 2.75) is 18.4 Å². The van der Waals surface area contributed by atoms with Crippen molar-refractivity contribution >= 4 is 22.5 Å². The summed E-state index contributed by atoms with van der Waals surface area (Å²) in [4.78, 5) is 28.7. The number of aliphatic hydroxyl groups is 1. The topological polar surface area (TPSA) is 87.6 Å². The summed E-state index contributed by atoms with van der Waals surface area (Å²) in [6.45, 7) is 0.616. The summed E-state index contributed by atoms with van der Waals surface area (Å²) in [6.07, 6.45) is 3.62. The molecule has 0 spiro atoms. The number of aromatic nitrogens is 2. The van der Waals surface area contributed by atoms with E-state index in [0.29, 0.717) is 30.1 Å². The van der Waals surface area contributed by atoms with E-state index in [0.717, 1.165) is 10.9 Å². The number of benzene rings is 2. The van der Waals surface area contributed by atoms with Crippen molar-refractivity contribution in [2.75, 3.05) is 18.6 Å². The smallest absolute Gasteiger partial charge is 0.253 e. The largest absolute Gasteiger partial charge is 0.383 e. The number of hydrogen-bond acceptors (Lipinski definition) is 6. The standard InChI is InChI=1S/C26H23FN4O3/c27-21-6-3-15-29-24(21)26(33)12-16-31(17-13-26)25(32)19-8-10-20(11-9-19)30-34-22-7-1-4-18-5-2-14-28-23(18)22/h1-11,14-15,30,33H,12-13,16-17H2. The van der Waals surface area contributed by atoms with Crippen LogP contribution in [0.25, 0.3) is 10.9 Å². The molecule has 0 aliphatic carbocycles. The molecular weight excluding hydrogens is 435 g/mol. The van der Waals surface area contributed by atoms with Gasteiger partial charge in [-0.25, -0.2) is 9.87 Å². The molecule has 1 aliphatic heterocycles. The van der Waals surface area contributed by atoms with E-state index >= 15 is 0 Å². The number of fused-ring (bicyclic) bond motifs is 1. The van der Waals surface area contributed by atoms with E-state index in [-0.39, 0.29) is 24.4 Å². The molecule has 1 fully saturated rings. The summed E-state index contributed by atoms with van der Waals surface area (Å²) < 4.78 is 14.1. The Morgan fingerprint density at radius 1 is 0.971 bits per heavy atom. The number of nitrogens with one attached hydrogen (secondary N) is 1. The van der Waals surface area contributed by atoms with Gasteiger partial charge in [0.2, 0.25) is 0 Å². The fraction of sp³-hybridized carbons (Fsp3) is 0.192. The highest BCUT2D eigenvalue weighted by atomic mass is 19.1. The number of halogens is 1. The SMILES string of the molecule is O=C(c1ccc(NOc2cccc3cccnc23)cc1)N1CCC(O)(c2ncccc2F)CC1. The van der Waals surface area contributed by atoms with Crippen molar-refractivity contribution in [3.05, 3.63) is 96.2 Å². The predicted molar refractivity (Wildman–Crippen MR) is 126 cm³/mol. The second kappa shape index (κ2) is 9.07. The number of carbonyl (C=O) groups excluding carboxylic acids is 1. The Bertz CT molecular complexity index is 1320. The minimum absolute atomic E-state index is 0.0407. The number of para-hydroxylation sites is 1. The number of amides is 1. The van der Waals surface area contributed by atoms with Crippen LogP contribution in [0.3, 0.4) is 0 Å². The maximum Gasteiger partial charge on any atom is 0.253 e. The lowest BCUT2D eigenvalue weighted by atomic mass is 9.87. The van der Waals surface area contributed by atoms with E-state index in [2.05, 4.69) is 15.4 Å². The van der Waals surface area contributed by atoms with E-state index in [1.165, 1.54) is 18.3 Å². The van der Waals surface area contributed by atoms with Gasteiger partial charge in [-0.1, -0.05) is 18.2 Å². The van der Waals surface area contributed by atoms with Crippen LogP contribution in [0.2, 0.25) is 0 Å². The van der Waals surface area contributed by atoms with Crippen molar-refractivity contribution in [1.82, 2.24) is 14.9 Å². The first-order chi connectivity index (χ1) is 16.5. The van der Waals surface area contributed by atoms with Gasteiger partial charge < -0.3 is 14.8 Å². The molecule has 0 unspecified atom stereocenters. The van der Waals surface area contributed by atoms with Crippen LogP contribution in [-0.2, 0) is 5.60 Å². The van der Waals surface area contributed by atoms with Crippen LogP contribution in [-0.4, -0.2) is 39.0 Å². The van der Waals surface area contributed by atoms with Crippen LogP contribution >= 0.6 is 0 Å². The zero-order chi connectivity index (χ0) is 23.5. The maximum absolute atomic E-state index is 14.1. The average Bonchev–Trinajstić information content (AvgIpc) is 2.88. The van der Waals surface area contributed by atoms with E-state index < -0.39 is 11.4 Å². The molecule has 1 aliphatic rings. The number of pyridine rings is 2. The van der Waals surface area contributed by atoms with Crippen LogP contribution < -0.4 is 10.3 Å². The zero-order valence-corrected chi connectivity index (χ0v) is 18.3. The Hall–Kier alpha value is -4.04. The van der Waals surface area contributed by atoms with Crippen LogP contribution in [0.1, 0.15) is 28.9 Å². The molecule has 1 saturated heterocycles. The fourth-order valence-electron chi connectivity index (χ4n) is 4.18. The molecule has 1 amide bonds. The Kier molecular flexibility index (Phi) is 5.81. The van der Waals surface area contributed by atoms with Crippen LogP contribution in [0.15, 0.2) is 79.1 Å². The molecule has 0 saturated carbocycles. The van der Waals surface area contributed by atoms with Crippen molar-refractivity contribution in [2.24, 2.45) is 0 Å². The third kappa shape index (κ3) is 4.27. The van der Waals surface area contributed by atoms with Crippen LogP contribution in [0.5, 0.6) is 5.75 Å². The first-order valence-electron chi connectivity index (χ1n) is 11.0. The number of hydrogen-bond donors (Lipinski definition) is 2. The highest BCUT2D eigenvalue weighted by Crippen LogP contribution is 2.33. The summed E-state index contributed by atoms with van der Waals surface area (Å²) in [5.41, 5.74) is 3.52. The molecule has 7 nitrogen and oxygen atoms in total. The molecule has 34 heavy (non-hydrogen) atoms. The van der Waals surface area contributed by atoms with Gasteiger partial charge in [0.05, 0.1) is 5.69 Å². The molecule has 8 heteroatoms. The third-order valence-corrected chi connectivity index (χ3v) is 6.08. The number of rotatable bonds is 5. The van der Waals surface area contributed by atoms with Crippen molar-refractivity contribution in [3.8, 4) is 5.75 Å². The first kappa shape index (κ1) is 21.8. The van der Waals surface area contributed by atoms with Crippen molar-refractivity contribution in [1.29, 1.82) is 0 Å². The van der Waals surface area contributed by atoms with Gasteiger partial charge in [0, 0.05) is 36.4 Å².